The zero-order valence-corrected chi connectivity index (χ0v) is 14.1. The standard InChI is InChI=1S/C16H20N4O4/c1-7-5-19(7)13-11(17-9(3)21)16(24)14(20-6-8(20)2)12(15(13)23)18-10(4)22/h7-8H,5-6H2,1-4H3,(H,17,21)(H,18,22)/t7-,8-,19?,20?/m0/s1. The van der Waals surface area contributed by atoms with Crippen molar-refractivity contribution in [2.45, 2.75) is 39.8 Å². The van der Waals surface area contributed by atoms with Crippen LogP contribution < -0.4 is 10.6 Å². The van der Waals surface area contributed by atoms with Crippen LogP contribution in [0.5, 0.6) is 0 Å². The number of hydrogen-bond donors (Lipinski definition) is 2. The lowest BCUT2D eigenvalue weighted by Crippen LogP contribution is -2.42. The number of Topliss-reactive ketones (excluding diaryl/α,β-unsaturated/α-hetero) is 2. The Labute approximate surface area is 139 Å². The van der Waals surface area contributed by atoms with Crippen LogP contribution in [0.3, 0.4) is 0 Å². The Balaban J connectivity index is 2.09. The average Bonchev–Trinajstić information content (AvgIpc) is 3.35. The fourth-order valence-electron chi connectivity index (χ4n) is 2.91. The van der Waals surface area contributed by atoms with E-state index in [0.717, 1.165) is 0 Å². The quantitative estimate of drug-likeness (QED) is 0.519. The maximum atomic E-state index is 13.0. The fraction of sp³-hybridized carbons (Fsp3) is 0.500. The molecule has 0 unspecified atom stereocenters. The third-order valence-electron chi connectivity index (χ3n) is 4.25. The van der Waals surface area contributed by atoms with Gasteiger partial charge in [0.25, 0.3) is 0 Å². The molecule has 0 aromatic rings. The molecule has 0 bridgehead atoms. The van der Waals surface area contributed by atoms with Crippen molar-refractivity contribution in [2.24, 2.45) is 0 Å². The highest BCUT2D eigenvalue weighted by atomic mass is 16.2. The van der Waals surface area contributed by atoms with Crippen LogP contribution in [-0.2, 0) is 19.2 Å². The predicted molar refractivity (Wildman–Crippen MR) is 84.0 cm³/mol. The summed E-state index contributed by atoms with van der Waals surface area (Å²) < 4.78 is 0. The van der Waals surface area contributed by atoms with E-state index in [0.29, 0.717) is 13.1 Å². The van der Waals surface area contributed by atoms with Gasteiger partial charge < -0.3 is 20.4 Å². The number of rotatable bonds is 4. The van der Waals surface area contributed by atoms with Gasteiger partial charge >= 0.3 is 0 Å². The van der Waals surface area contributed by atoms with Gasteiger partial charge in [-0.15, -0.1) is 0 Å². The predicted octanol–water partition coefficient (Wildman–Crippen LogP) is -0.758. The summed E-state index contributed by atoms with van der Waals surface area (Å²) in [4.78, 5) is 52.5. The van der Waals surface area contributed by atoms with Gasteiger partial charge in [-0.25, -0.2) is 0 Å². The third-order valence-corrected chi connectivity index (χ3v) is 4.25. The second kappa shape index (κ2) is 5.47. The Morgan fingerprint density at radius 1 is 0.833 bits per heavy atom. The van der Waals surface area contributed by atoms with Gasteiger partial charge in [0.1, 0.15) is 22.8 Å². The van der Waals surface area contributed by atoms with Crippen molar-refractivity contribution in [3.63, 3.8) is 0 Å². The Morgan fingerprint density at radius 3 is 1.33 bits per heavy atom. The molecule has 0 aromatic carbocycles. The molecule has 2 N–H and O–H groups in total. The molecule has 128 valence electrons. The van der Waals surface area contributed by atoms with Crippen molar-refractivity contribution in [2.75, 3.05) is 13.1 Å². The minimum Gasteiger partial charge on any atom is -0.360 e. The van der Waals surface area contributed by atoms with Crippen LogP contribution in [0.1, 0.15) is 27.7 Å². The van der Waals surface area contributed by atoms with Crippen LogP contribution in [0.15, 0.2) is 22.8 Å². The van der Waals surface area contributed by atoms with Crippen LogP contribution >= 0.6 is 0 Å². The summed E-state index contributed by atoms with van der Waals surface area (Å²) in [5.74, 6) is -1.71. The maximum absolute atomic E-state index is 13.0. The van der Waals surface area contributed by atoms with Crippen molar-refractivity contribution in [3.05, 3.63) is 22.8 Å². The van der Waals surface area contributed by atoms with E-state index in [1.165, 1.54) is 13.8 Å². The van der Waals surface area contributed by atoms with Gasteiger partial charge in [-0.1, -0.05) is 0 Å². The summed E-state index contributed by atoms with van der Waals surface area (Å²) in [5.41, 5.74) is 0.314. The lowest BCUT2D eigenvalue weighted by Gasteiger charge is -2.25. The van der Waals surface area contributed by atoms with E-state index in [9.17, 15) is 19.2 Å². The summed E-state index contributed by atoms with van der Waals surface area (Å²) in [6.45, 7) is 7.67. The smallest absolute Gasteiger partial charge is 0.229 e. The first-order chi connectivity index (χ1) is 11.2. The Kier molecular flexibility index (Phi) is 3.70. The highest BCUT2D eigenvalue weighted by Gasteiger charge is 2.48. The van der Waals surface area contributed by atoms with Crippen molar-refractivity contribution < 1.29 is 19.2 Å². The van der Waals surface area contributed by atoms with E-state index < -0.39 is 23.4 Å². The summed E-state index contributed by atoms with van der Waals surface area (Å²) in [6.07, 6.45) is 0. The number of amides is 2. The molecule has 1 aliphatic carbocycles. The molecule has 2 atom stereocenters. The second-order valence-corrected chi connectivity index (χ2v) is 6.47. The van der Waals surface area contributed by atoms with Gasteiger partial charge in [0.2, 0.25) is 23.4 Å². The van der Waals surface area contributed by atoms with E-state index in [1.807, 2.05) is 13.8 Å². The van der Waals surface area contributed by atoms with E-state index in [1.54, 1.807) is 9.80 Å². The van der Waals surface area contributed by atoms with E-state index in [-0.39, 0.29) is 34.9 Å². The molecule has 0 saturated carbocycles. The fourth-order valence-corrected chi connectivity index (χ4v) is 2.91. The van der Waals surface area contributed by atoms with E-state index in [2.05, 4.69) is 10.6 Å². The first-order valence-corrected chi connectivity index (χ1v) is 7.88. The number of carbonyl (C=O) groups is 4. The van der Waals surface area contributed by atoms with Gasteiger partial charge in [0, 0.05) is 39.0 Å². The molecule has 3 aliphatic rings. The van der Waals surface area contributed by atoms with Crippen LogP contribution in [0.2, 0.25) is 0 Å². The zero-order chi connectivity index (χ0) is 17.8. The van der Waals surface area contributed by atoms with Gasteiger partial charge in [0.15, 0.2) is 0 Å². The van der Waals surface area contributed by atoms with Crippen LogP contribution in [0.4, 0.5) is 0 Å². The van der Waals surface area contributed by atoms with Crippen LogP contribution in [-0.4, -0.2) is 58.4 Å². The number of hydrogen-bond acceptors (Lipinski definition) is 6. The monoisotopic (exact) mass is 332 g/mol. The molecular weight excluding hydrogens is 312 g/mol. The topological polar surface area (TPSA) is 98.4 Å². The highest BCUT2D eigenvalue weighted by Crippen LogP contribution is 2.36. The van der Waals surface area contributed by atoms with Gasteiger partial charge in [-0.3, -0.25) is 19.2 Å². The number of ketones is 2. The van der Waals surface area contributed by atoms with E-state index >= 15 is 0 Å². The van der Waals surface area contributed by atoms with Crippen LogP contribution in [0.25, 0.3) is 0 Å². The third kappa shape index (κ3) is 2.68. The first-order valence-electron chi connectivity index (χ1n) is 7.88. The summed E-state index contributed by atoms with van der Waals surface area (Å²) in [5, 5.41) is 5.02. The molecule has 2 amide bonds. The molecule has 2 heterocycles. The first kappa shape index (κ1) is 16.2. The summed E-state index contributed by atoms with van der Waals surface area (Å²) in [6, 6.07) is 0.224. The van der Waals surface area contributed by atoms with Gasteiger partial charge in [-0.05, 0) is 13.8 Å². The second-order valence-electron chi connectivity index (χ2n) is 6.47. The van der Waals surface area contributed by atoms with Crippen molar-refractivity contribution in [1.29, 1.82) is 0 Å². The van der Waals surface area contributed by atoms with Crippen molar-refractivity contribution in [1.82, 2.24) is 20.4 Å². The molecule has 2 fully saturated rings. The zero-order valence-electron chi connectivity index (χ0n) is 14.1. The Bertz CT molecular complexity index is 674. The Hall–Kier alpha value is -2.64. The average molecular weight is 332 g/mol. The molecule has 0 radical (unpaired) electrons. The molecule has 0 spiro atoms. The largest absolute Gasteiger partial charge is 0.360 e. The lowest BCUT2D eigenvalue weighted by molar-refractivity contribution is -0.123. The molecule has 2 saturated heterocycles. The molecule has 2 aliphatic heterocycles. The normalized spacial score (nSPS) is 26.0. The lowest BCUT2D eigenvalue weighted by atomic mass is 9.98. The Morgan fingerprint density at radius 2 is 1.12 bits per heavy atom. The minimum absolute atomic E-state index is 0.0000482. The van der Waals surface area contributed by atoms with Crippen molar-refractivity contribution in [3.8, 4) is 0 Å². The molecule has 8 nitrogen and oxygen atoms in total. The SMILES string of the molecule is CC(=O)NC1=C(N2C[C@@H]2C)C(=O)C(NC(C)=O)=C(N2C[C@@H]2C)C1=O. The van der Waals surface area contributed by atoms with Crippen LogP contribution in [0, 0.1) is 0 Å². The van der Waals surface area contributed by atoms with E-state index in [4.69, 9.17) is 0 Å². The molecule has 8 heteroatoms. The molecule has 0 aromatic heterocycles. The van der Waals surface area contributed by atoms with Gasteiger partial charge in [-0.2, -0.15) is 0 Å². The molecule has 24 heavy (non-hydrogen) atoms. The van der Waals surface area contributed by atoms with Gasteiger partial charge in [0.05, 0.1) is 0 Å². The highest BCUT2D eigenvalue weighted by molar-refractivity contribution is 6.26. The summed E-state index contributed by atoms with van der Waals surface area (Å²) in [7, 11) is 0. The summed E-state index contributed by atoms with van der Waals surface area (Å²) >= 11 is 0. The maximum Gasteiger partial charge on any atom is 0.229 e. The van der Waals surface area contributed by atoms with Crippen molar-refractivity contribution >= 4 is 23.4 Å². The number of carbonyl (C=O) groups excluding carboxylic acids is 4. The molecule has 3 rings (SSSR count). The number of nitrogens with zero attached hydrogens (tertiary/aromatic N) is 2. The molecular formula is C16H20N4O4. The number of nitrogens with one attached hydrogen (secondary N) is 2. The minimum atomic E-state index is -0.438.